The first-order chi connectivity index (χ1) is 14.7. The van der Waals surface area contributed by atoms with Gasteiger partial charge in [0.1, 0.15) is 4.83 Å². The van der Waals surface area contributed by atoms with E-state index in [0.29, 0.717) is 21.6 Å². The molecule has 0 aliphatic carbocycles. The van der Waals surface area contributed by atoms with Crippen molar-refractivity contribution in [1.82, 2.24) is 14.5 Å². The van der Waals surface area contributed by atoms with Gasteiger partial charge in [0.15, 0.2) is 11.9 Å². The lowest BCUT2D eigenvalue weighted by Gasteiger charge is -2.14. The number of benzene rings is 1. The van der Waals surface area contributed by atoms with E-state index in [1.807, 2.05) is 65.0 Å². The monoisotopic (exact) mass is 435 g/mol. The molecule has 3 heterocycles. The molecule has 0 amide bonds. The largest absolute Gasteiger partial charge is 0.451 e. The Morgan fingerprint density at radius 3 is 2.58 bits per heavy atom. The second kappa shape index (κ2) is 7.81. The molecule has 1 N–H and O–H groups in total. The zero-order chi connectivity index (χ0) is 22.4. The van der Waals surface area contributed by atoms with E-state index in [2.05, 4.69) is 14.5 Å². The number of carbonyl (C=O) groups is 1. The third kappa shape index (κ3) is 3.59. The van der Waals surface area contributed by atoms with Gasteiger partial charge >= 0.3 is 5.97 Å². The number of nitrogens with zero attached hydrogens (tertiary/aromatic N) is 2. The predicted octanol–water partition coefficient (Wildman–Crippen LogP) is 5.24. The van der Waals surface area contributed by atoms with E-state index >= 15 is 0 Å². The lowest BCUT2D eigenvalue weighted by Crippen LogP contribution is -2.17. The van der Waals surface area contributed by atoms with Gasteiger partial charge in [-0.1, -0.05) is 18.2 Å². The highest BCUT2D eigenvalue weighted by molar-refractivity contribution is 7.18. The first-order valence-corrected chi connectivity index (χ1v) is 11.0. The van der Waals surface area contributed by atoms with Crippen LogP contribution in [0, 0.1) is 34.6 Å². The fourth-order valence-corrected chi connectivity index (χ4v) is 4.94. The first-order valence-electron chi connectivity index (χ1n) is 10.1. The van der Waals surface area contributed by atoms with Crippen LogP contribution in [-0.4, -0.2) is 20.5 Å². The lowest BCUT2D eigenvalue weighted by molar-refractivity contribution is 0.0319. The van der Waals surface area contributed by atoms with Gasteiger partial charge in [0.25, 0.3) is 5.56 Å². The van der Waals surface area contributed by atoms with Crippen LogP contribution in [0.3, 0.4) is 0 Å². The van der Waals surface area contributed by atoms with E-state index in [0.717, 1.165) is 33.1 Å². The Bertz CT molecular complexity index is 1380. The van der Waals surface area contributed by atoms with Crippen molar-refractivity contribution in [3.8, 4) is 5.69 Å². The Morgan fingerprint density at radius 1 is 1.16 bits per heavy atom. The van der Waals surface area contributed by atoms with Crippen molar-refractivity contribution < 1.29 is 9.53 Å². The zero-order valence-electron chi connectivity index (χ0n) is 18.5. The number of nitrogens with one attached hydrogen (secondary N) is 1. The van der Waals surface area contributed by atoms with Crippen LogP contribution in [-0.2, 0) is 4.74 Å². The van der Waals surface area contributed by atoms with Crippen LogP contribution >= 0.6 is 11.3 Å². The maximum Gasteiger partial charge on any atom is 0.340 e. The number of aryl methyl sites for hydroxylation is 4. The molecule has 0 spiro atoms. The molecule has 7 heteroatoms. The third-order valence-corrected chi connectivity index (χ3v) is 6.83. The number of H-pyrrole nitrogens is 1. The Hall–Kier alpha value is -3.19. The van der Waals surface area contributed by atoms with Gasteiger partial charge in [-0.3, -0.25) is 4.79 Å². The Morgan fingerprint density at radius 2 is 1.87 bits per heavy atom. The minimum Gasteiger partial charge on any atom is -0.451 e. The molecule has 6 nitrogen and oxygen atoms in total. The smallest absolute Gasteiger partial charge is 0.340 e. The molecule has 0 saturated carbocycles. The summed E-state index contributed by atoms with van der Waals surface area (Å²) in [7, 11) is 0. The van der Waals surface area contributed by atoms with Gasteiger partial charge in [0.05, 0.1) is 10.9 Å². The van der Waals surface area contributed by atoms with Crippen LogP contribution in [0.15, 0.2) is 35.1 Å². The number of thiophene rings is 1. The van der Waals surface area contributed by atoms with Crippen molar-refractivity contribution in [3.63, 3.8) is 0 Å². The molecule has 1 aromatic carbocycles. The highest BCUT2D eigenvalue weighted by Crippen LogP contribution is 2.28. The average Bonchev–Trinajstić information content (AvgIpc) is 3.17. The van der Waals surface area contributed by atoms with Crippen molar-refractivity contribution in [1.29, 1.82) is 0 Å². The van der Waals surface area contributed by atoms with Gasteiger partial charge in [-0.25, -0.2) is 9.78 Å². The number of aromatic amines is 1. The van der Waals surface area contributed by atoms with Gasteiger partial charge in [-0.15, -0.1) is 11.3 Å². The topological polar surface area (TPSA) is 77.0 Å². The molecule has 0 aliphatic rings. The van der Waals surface area contributed by atoms with Gasteiger partial charge in [-0.05, 0) is 64.8 Å². The molecular formula is C24H25N3O3S. The number of aromatic nitrogens is 3. The number of esters is 1. The second-order valence-electron chi connectivity index (χ2n) is 7.87. The molecule has 1 unspecified atom stereocenters. The number of carbonyl (C=O) groups excluding carboxylic acids is 1. The third-order valence-electron chi connectivity index (χ3n) is 5.73. The summed E-state index contributed by atoms with van der Waals surface area (Å²) in [5.41, 5.74) is 5.14. The van der Waals surface area contributed by atoms with Crippen LogP contribution in [0.5, 0.6) is 0 Å². The maximum absolute atomic E-state index is 13.0. The molecule has 0 aliphatic heterocycles. The minimum atomic E-state index is -0.686. The normalized spacial score (nSPS) is 12.3. The maximum atomic E-state index is 13.0. The molecule has 3 aromatic heterocycles. The van der Waals surface area contributed by atoms with Gasteiger partial charge in [0.2, 0.25) is 0 Å². The van der Waals surface area contributed by atoms with Crippen molar-refractivity contribution in [2.24, 2.45) is 0 Å². The molecule has 0 saturated heterocycles. The van der Waals surface area contributed by atoms with Gasteiger partial charge in [-0.2, -0.15) is 0 Å². The van der Waals surface area contributed by atoms with E-state index in [-0.39, 0.29) is 5.56 Å². The van der Waals surface area contributed by atoms with Crippen molar-refractivity contribution in [2.75, 3.05) is 0 Å². The summed E-state index contributed by atoms with van der Waals surface area (Å²) in [4.78, 5) is 34.6. The fourth-order valence-electron chi connectivity index (χ4n) is 3.90. The molecule has 0 bridgehead atoms. The molecule has 4 rings (SSSR count). The number of hydrogen-bond acceptors (Lipinski definition) is 5. The highest BCUT2D eigenvalue weighted by Gasteiger charge is 2.23. The van der Waals surface area contributed by atoms with E-state index in [1.54, 1.807) is 6.92 Å². The Labute approximate surface area is 184 Å². The van der Waals surface area contributed by atoms with Gasteiger partial charge < -0.3 is 14.3 Å². The molecular weight excluding hydrogens is 410 g/mol. The van der Waals surface area contributed by atoms with E-state index < -0.39 is 12.1 Å². The number of hydrogen-bond donors (Lipinski definition) is 1. The second-order valence-corrected chi connectivity index (χ2v) is 9.07. The molecule has 31 heavy (non-hydrogen) atoms. The molecule has 0 radical (unpaired) electrons. The van der Waals surface area contributed by atoms with Crippen molar-refractivity contribution in [3.05, 3.63) is 79.5 Å². The fraction of sp³-hybridized carbons (Fsp3) is 0.292. The van der Waals surface area contributed by atoms with Gasteiger partial charge in [0, 0.05) is 22.0 Å². The van der Waals surface area contributed by atoms with E-state index in [1.165, 1.54) is 11.3 Å². The van der Waals surface area contributed by atoms with Crippen LogP contribution in [0.1, 0.15) is 56.6 Å². The summed E-state index contributed by atoms with van der Waals surface area (Å²) in [6.45, 7) is 11.5. The van der Waals surface area contributed by atoms with E-state index in [9.17, 15) is 9.59 Å². The van der Waals surface area contributed by atoms with Crippen molar-refractivity contribution in [2.45, 2.75) is 47.6 Å². The van der Waals surface area contributed by atoms with Crippen LogP contribution < -0.4 is 5.56 Å². The standard InChI is InChI=1S/C24H25N3O3S/c1-12-9-7-8-10-19(12)27-13(2)11-18(15(27)4)24(29)30-16(5)21-25-22(28)20-14(3)17(6)31-23(20)26-21/h7-11,16H,1-6H3,(H,25,26,28). The summed E-state index contributed by atoms with van der Waals surface area (Å²) in [6.07, 6.45) is -0.686. The molecule has 1 atom stereocenters. The molecule has 160 valence electrons. The number of ether oxygens (including phenoxy) is 1. The summed E-state index contributed by atoms with van der Waals surface area (Å²) in [5, 5.41) is 0.603. The van der Waals surface area contributed by atoms with E-state index in [4.69, 9.17) is 4.74 Å². The zero-order valence-corrected chi connectivity index (χ0v) is 19.3. The lowest BCUT2D eigenvalue weighted by atomic mass is 10.2. The summed E-state index contributed by atoms with van der Waals surface area (Å²) >= 11 is 1.47. The molecule has 4 aromatic rings. The average molecular weight is 436 g/mol. The summed E-state index contributed by atoms with van der Waals surface area (Å²) in [5.74, 6) is -0.0958. The SMILES string of the molecule is Cc1ccccc1-n1c(C)cc(C(=O)OC(C)c2nc3sc(C)c(C)c3c(=O)[nH]2)c1C. The predicted molar refractivity (Wildman–Crippen MR) is 124 cm³/mol. The summed E-state index contributed by atoms with van der Waals surface area (Å²) < 4.78 is 7.75. The number of para-hydroxylation sites is 1. The summed E-state index contributed by atoms with van der Waals surface area (Å²) in [6, 6.07) is 9.88. The first kappa shape index (κ1) is 21.1. The number of rotatable bonds is 4. The Kier molecular flexibility index (Phi) is 5.31. The highest BCUT2D eigenvalue weighted by atomic mass is 32.1. The van der Waals surface area contributed by atoms with Crippen molar-refractivity contribution >= 4 is 27.5 Å². The van der Waals surface area contributed by atoms with Crippen LogP contribution in [0.4, 0.5) is 0 Å². The van der Waals surface area contributed by atoms with Crippen LogP contribution in [0.2, 0.25) is 0 Å². The van der Waals surface area contributed by atoms with Crippen LogP contribution in [0.25, 0.3) is 15.9 Å². The quantitative estimate of drug-likeness (QED) is 0.445. The molecule has 0 fully saturated rings. The minimum absolute atomic E-state index is 0.206. The Balaban J connectivity index is 1.65. The number of fused-ring (bicyclic) bond motifs is 1.